The molecule has 1 aromatic carbocycles. The lowest BCUT2D eigenvalue weighted by atomic mass is 10.1. The largest absolute Gasteiger partial charge is 0.497 e. The third-order valence-electron chi connectivity index (χ3n) is 2.91. The summed E-state index contributed by atoms with van der Waals surface area (Å²) in [6.45, 7) is 7.25. The van der Waals surface area contributed by atoms with Crippen LogP contribution in [0.2, 0.25) is 0 Å². The Balaban J connectivity index is 2.18. The molecule has 0 saturated carbocycles. The molecular formula is C15H21N3O. The topological polar surface area (TPSA) is 49.9 Å². The summed E-state index contributed by atoms with van der Waals surface area (Å²) in [6.07, 6.45) is 1.87. The number of benzene rings is 1. The van der Waals surface area contributed by atoms with Crippen LogP contribution >= 0.6 is 0 Å². The second-order valence-electron chi connectivity index (χ2n) is 5.60. The van der Waals surface area contributed by atoms with Crippen molar-refractivity contribution in [2.24, 2.45) is 0 Å². The number of rotatable bonds is 4. The summed E-state index contributed by atoms with van der Waals surface area (Å²) in [5.74, 6) is 0.859. The van der Waals surface area contributed by atoms with Crippen molar-refractivity contribution in [1.82, 2.24) is 15.5 Å². The van der Waals surface area contributed by atoms with Crippen LogP contribution in [-0.4, -0.2) is 22.8 Å². The van der Waals surface area contributed by atoms with Crippen LogP contribution < -0.4 is 10.1 Å². The van der Waals surface area contributed by atoms with Crippen molar-refractivity contribution in [2.75, 3.05) is 7.11 Å². The second-order valence-corrected chi connectivity index (χ2v) is 5.60. The van der Waals surface area contributed by atoms with Gasteiger partial charge in [-0.05, 0) is 45.0 Å². The number of methoxy groups -OCH3 is 1. The Kier molecular flexibility index (Phi) is 3.90. The van der Waals surface area contributed by atoms with Gasteiger partial charge in [0.15, 0.2) is 0 Å². The molecule has 1 heterocycles. The molecule has 0 atom stereocenters. The van der Waals surface area contributed by atoms with Gasteiger partial charge in [-0.1, -0.05) is 0 Å². The summed E-state index contributed by atoms with van der Waals surface area (Å²) >= 11 is 0. The van der Waals surface area contributed by atoms with E-state index in [1.54, 1.807) is 7.11 Å². The molecule has 0 aliphatic carbocycles. The van der Waals surface area contributed by atoms with E-state index in [2.05, 4.69) is 36.3 Å². The molecule has 0 aliphatic heterocycles. The Labute approximate surface area is 114 Å². The number of aromatic nitrogens is 2. The summed E-state index contributed by atoms with van der Waals surface area (Å²) in [4.78, 5) is 0. The van der Waals surface area contributed by atoms with Crippen molar-refractivity contribution in [3.63, 3.8) is 0 Å². The van der Waals surface area contributed by atoms with Crippen LogP contribution in [0.1, 0.15) is 26.3 Å². The number of hydrogen-bond acceptors (Lipinski definition) is 3. The zero-order chi connectivity index (χ0) is 13.9. The van der Waals surface area contributed by atoms with E-state index < -0.39 is 0 Å². The first-order valence-corrected chi connectivity index (χ1v) is 6.41. The molecule has 0 saturated heterocycles. The first kappa shape index (κ1) is 13.6. The minimum atomic E-state index is 0.0917. The predicted molar refractivity (Wildman–Crippen MR) is 77.2 cm³/mol. The van der Waals surface area contributed by atoms with Gasteiger partial charge in [0, 0.05) is 23.2 Å². The van der Waals surface area contributed by atoms with Gasteiger partial charge in [-0.15, -0.1) is 0 Å². The highest BCUT2D eigenvalue weighted by Crippen LogP contribution is 2.23. The van der Waals surface area contributed by atoms with E-state index in [1.807, 2.05) is 30.5 Å². The maximum Gasteiger partial charge on any atom is 0.118 e. The molecule has 0 spiro atoms. The van der Waals surface area contributed by atoms with Gasteiger partial charge < -0.3 is 10.1 Å². The predicted octanol–water partition coefficient (Wildman–Crippen LogP) is 2.97. The molecule has 2 rings (SSSR count). The van der Waals surface area contributed by atoms with Gasteiger partial charge in [-0.3, -0.25) is 5.10 Å². The minimum absolute atomic E-state index is 0.0917. The lowest BCUT2D eigenvalue weighted by molar-refractivity contribution is 0.415. The lowest BCUT2D eigenvalue weighted by Crippen LogP contribution is -2.35. The molecule has 0 radical (unpaired) electrons. The quantitative estimate of drug-likeness (QED) is 0.887. The Morgan fingerprint density at radius 1 is 1.21 bits per heavy atom. The lowest BCUT2D eigenvalue weighted by Gasteiger charge is -2.20. The third kappa shape index (κ3) is 3.58. The molecule has 0 fully saturated rings. The Bertz CT molecular complexity index is 523. The SMILES string of the molecule is COc1ccc(-c2[nH]ncc2CNC(C)(C)C)cc1. The van der Waals surface area contributed by atoms with Crippen LogP contribution in [0.15, 0.2) is 30.5 Å². The third-order valence-corrected chi connectivity index (χ3v) is 2.91. The summed E-state index contributed by atoms with van der Waals surface area (Å²) in [5, 5.41) is 10.7. The molecule has 1 aromatic heterocycles. The van der Waals surface area contributed by atoms with Crippen LogP contribution in [0.4, 0.5) is 0 Å². The molecule has 0 aliphatic rings. The monoisotopic (exact) mass is 259 g/mol. The summed E-state index contributed by atoms with van der Waals surface area (Å²) in [5.41, 5.74) is 3.43. The fourth-order valence-corrected chi connectivity index (χ4v) is 1.81. The molecule has 4 nitrogen and oxygen atoms in total. The van der Waals surface area contributed by atoms with Crippen LogP contribution in [0, 0.1) is 0 Å². The van der Waals surface area contributed by atoms with Gasteiger partial charge in [-0.2, -0.15) is 5.10 Å². The van der Waals surface area contributed by atoms with E-state index in [-0.39, 0.29) is 5.54 Å². The highest BCUT2D eigenvalue weighted by atomic mass is 16.5. The Morgan fingerprint density at radius 2 is 1.89 bits per heavy atom. The number of ether oxygens (including phenoxy) is 1. The van der Waals surface area contributed by atoms with E-state index in [0.717, 1.165) is 23.6 Å². The van der Waals surface area contributed by atoms with Crippen LogP contribution in [-0.2, 0) is 6.54 Å². The second kappa shape index (κ2) is 5.45. The summed E-state index contributed by atoms with van der Waals surface area (Å²) in [6, 6.07) is 7.98. The van der Waals surface area contributed by atoms with Gasteiger partial charge in [-0.25, -0.2) is 0 Å². The van der Waals surface area contributed by atoms with Gasteiger partial charge in [0.25, 0.3) is 0 Å². The van der Waals surface area contributed by atoms with Gasteiger partial charge in [0.2, 0.25) is 0 Å². The summed E-state index contributed by atoms with van der Waals surface area (Å²) < 4.78 is 5.17. The molecule has 102 valence electrons. The van der Waals surface area contributed by atoms with Crippen LogP contribution in [0.3, 0.4) is 0 Å². The zero-order valence-electron chi connectivity index (χ0n) is 11.9. The minimum Gasteiger partial charge on any atom is -0.497 e. The zero-order valence-corrected chi connectivity index (χ0v) is 11.9. The van der Waals surface area contributed by atoms with Crippen molar-refractivity contribution >= 4 is 0 Å². The normalized spacial score (nSPS) is 11.6. The van der Waals surface area contributed by atoms with Gasteiger partial charge in [0.05, 0.1) is 19.0 Å². The molecule has 4 heteroatoms. The Morgan fingerprint density at radius 3 is 2.47 bits per heavy atom. The molecular weight excluding hydrogens is 238 g/mol. The van der Waals surface area contributed by atoms with E-state index in [1.165, 1.54) is 5.56 Å². The van der Waals surface area contributed by atoms with E-state index in [4.69, 9.17) is 4.74 Å². The maximum atomic E-state index is 5.17. The molecule has 2 aromatic rings. The Hall–Kier alpha value is -1.81. The average Bonchev–Trinajstić information content (AvgIpc) is 2.84. The van der Waals surface area contributed by atoms with Crippen molar-refractivity contribution in [3.05, 3.63) is 36.0 Å². The fraction of sp³-hybridized carbons (Fsp3) is 0.400. The highest BCUT2D eigenvalue weighted by Gasteiger charge is 2.12. The first-order valence-electron chi connectivity index (χ1n) is 6.41. The number of H-pyrrole nitrogens is 1. The van der Waals surface area contributed by atoms with E-state index in [0.29, 0.717) is 0 Å². The average molecular weight is 259 g/mol. The van der Waals surface area contributed by atoms with E-state index in [9.17, 15) is 0 Å². The fourth-order valence-electron chi connectivity index (χ4n) is 1.81. The molecule has 0 unspecified atom stereocenters. The van der Waals surface area contributed by atoms with Crippen LogP contribution in [0.25, 0.3) is 11.3 Å². The van der Waals surface area contributed by atoms with Crippen molar-refractivity contribution in [1.29, 1.82) is 0 Å². The first-order chi connectivity index (χ1) is 8.99. The van der Waals surface area contributed by atoms with Crippen molar-refractivity contribution in [2.45, 2.75) is 32.9 Å². The molecule has 2 N–H and O–H groups in total. The standard InChI is InChI=1S/C15H21N3O/c1-15(2,3)16-9-12-10-17-18-14(12)11-5-7-13(19-4)8-6-11/h5-8,10,16H,9H2,1-4H3,(H,17,18). The maximum absolute atomic E-state index is 5.17. The van der Waals surface area contributed by atoms with Crippen LogP contribution in [0.5, 0.6) is 5.75 Å². The number of nitrogens with zero attached hydrogens (tertiary/aromatic N) is 1. The molecule has 0 amide bonds. The highest BCUT2D eigenvalue weighted by molar-refractivity contribution is 5.63. The smallest absolute Gasteiger partial charge is 0.118 e. The summed E-state index contributed by atoms with van der Waals surface area (Å²) in [7, 11) is 1.67. The molecule has 0 bridgehead atoms. The molecule has 19 heavy (non-hydrogen) atoms. The van der Waals surface area contributed by atoms with Crippen molar-refractivity contribution in [3.8, 4) is 17.0 Å². The number of hydrogen-bond donors (Lipinski definition) is 2. The van der Waals surface area contributed by atoms with Gasteiger partial charge >= 0.3 is 0 Å². The number of nitrogens with one attached hydrogen (secondary N) is 2. The number of aromatic amines is 1. The van der Waals surface area contributed by atoms with Crippen molar-refractivity contribution < 1.29 is 4.74 Å². The van der Waals surface area contributed by atoms with E-state index >= 15 is 0 Å². The van der Waals surface area contributed by atoms with Gasteiger partial charge in [0.1, 0.15) is 5.75 Å².